The molecule has 0 fully saturated rings. The molecule has 0 unspecified atom stereocenters. The third-order valence-corrected chi connectivity index (χ3v) is 6.72. The van der Waals surface area contributed by atoms with Crippen LogP contribution in [0.2, 0.25) is 0 Å². The summed E-state index contributed by atoms with van der Waals surface area (Å²) in [6, 6.07) is 5.35. The molecule has 8 nitrogen and oxygen atoms in total. The third-order valence-electron chi connectivity index (χ3n) is 2.43. The highest BCUT2D eigenvalue weighted by Crippen LogP contribution is 2.59. The minimum atomic E-state index is -5.02. The number of fused-ring (bicyclic) bond motifs is 1. The summed E-state index contributed by atoms with van der Waals surface area (Å²) in [4.78, 5) is 40.1. The molecule has 0 aliphatic rings. The molecule has 0 spiro atoms. The van der Waals surface area contributed by atoms with Crippen LogP contribution in [-0.4, -0.2) is 30.1 Å². The second-order valence-corrected chi connectivity index (χ2v) is 9.01. The fraction of sp³-hybridized carbons (Fsp3) is 0.222. The Morgan fingerprint density at radius 2 is 1.80 bits per heavy atom. The lowest BCUT2D eigenvalue weighted by Crippen LogP contribution is -2.19. The molecule has 0 radical (unpaired) electrons. The highest BCUT2D eigenvalue weighted by molar-refractivity contribution is 7.71. The molecule has 5 N–H and O–H groups in total. The lowest BCUT2D eigenvalue weighted by molar-refractivity contribution is 0.343. The third kappa shape index (κ3) is 3.45. The zero-order chi connectivity index (χ0) is 15.1. The molecule has 2 aromatic rings. The van der Waals surface area contributed by atoms with Gasteiger partial charge in [0.05, 0.1) is 10.2 Å². The van der Waals surface area contributed by atoms with E-state index >= 15 is 0 Å². The van der Waals surface area contributed by atoms with Crippen LogP contribution in [0, 0.1) is 6.92 Å². The molecule has 0 bridgehead atoms. The van der Waals surface area contributed by atoms with Crippen LogP contribution in [0.1, 0.15) is 5.56 Å². The van der Waals surface area contributed by atoms with Crippen molar-refractivity contribution in [3.63, 3.8) is 0 Å². The summed E-state index contributed by atoms with van der Waals surface area (Å²) in [5, 5.41) is 2.19. The van der Waals surface area contributed by atoms with E-state index in [9.17, 15) is 9.13 Å². The Labute approximate surface area is 117 Å². The number of hydrogen-bond donors (Lipinski definition) is 5. The molecule has 2 rings (SSSR count). The summed E-state index contributed by atoms with van der Waals surface area (Å²) in [7, 11) is -10.0. The largest absolute Gasteiger partial charge is 0.360 e. The Kier molecular flexibility index (Phi) is 4.05. The smallest absolute Gasteiger partial charge is 0.338 e. The predicted octanol–water partition coefficient (Wildman–Crippen LogP) is 1.66. The van der Waals surface area contributed by atoms with E-state index in [4.69, 9.17) is 19.6 Å². The molecule has 1 aromatic carbocycles. The number of thiazole rings is 1. The number of anilines is 1. The highest BCUT2D eigenvalue weighted by atomic mass is 32.1. The van der Waals surface area contributed by atoms with E-state index in [0.29, 0.717) is 5.52 Å². The molecule has 11 heteroatoms. The first-order valence-electron chi connectivity index (χ1n) is 5.31. The highest BCUT2D eigenvalue weighted by Gasteiger charge is 2.44. The van der Waals surface area contributed by atoms with Gasteiger partial charge in [0.2, 0.25) is 5.52 Å². The van der Waals surface area contributed by atoms with Crippen molar-refractivity contribution in [1.29, 1.82) is 0 Å². The number of aryl methyl sites for hydroxylation is 1. The van der Waals surface area contributed by atoms with Crippen molar-refractivity contribution in [2.75, 3.05) is 5.32 Å². The summed E-state index contributed by atoms with van der Waals surface area (Å²) in [6.07, 6.45) is 0. The molecule has 1 heterocycles. The Bertz CT molecular complexity index is 713. The van der Waals surface area contributed by atoms with E-state index in [1.165, 1.54) is 0 Å². The lowest BCUT2D eigenvalue weighted by Gasteiger charge is -2.19. The maximum atomic E-state index is 11.2. The maximum Gasteiger partial charge on any atom is 0.360 e. The fourth-order valence-electron chi connectivity index (χ4n) is 1.57. The van der Waals surface area contributed by atoms with Crippen LogP contribution < -0.4 is 5.32 Å². The van der Waals surface area contributed by atoms with E-state index in [-0.39, 0.29) is 5.13 Å². The standard InChI is InChI=1S/C9H12N2O6P2S/c1-5-2-3-6-7(4-5)20-8(10-6)11-9(18(12,13)14)19(15,16)17/h2-4,9H,1H3,(H,10,11)(H2,12,13,14)(H2,15,16,17). The van der Waals surface area contributed by atoms with Crippen molar-refractivity contribution in [3.8, 4) is 0 Å². The number of rotatable bonds is 4. The molecule has 0 aliphatic heterocycles. The Morgan fingerprint density at radius 3 is 2.35 bits per heavy atom. The first-order valence-corrected chi connectivity index (χ1v) is 9.49. The minimum absolute atomic E-state index is 0.0438. The van der Waals surface area contributed by atoms with Crippen LogP contribution in [0.3, 0.4) is 0 Å². The van der Waals surface area contributed by atoms with Crippen LogP contribution in [0.15, 0.2) is 18.2 Å². The summed E-state index contributed by atoms with van der Waals surface area (Å²) >= 11 is 1.06. The van der Waals surface area contributed by atoms with Gasteiger partial charge < -0.3 is 24.9 Å². The van der Waals surface area contributed by atoms with Gasteiger partial charge >= 0.3 is 15.2 Å². The van der Waals surface area contributed by atoms with Gasteiger partial charge in [0, 0.05) is 0 Å². The van der Waals surface area contributed by atoms with Crippen molar-refractivity contribution in [2.24, 2.45) is 0 Å². The molecular formula is C9H12N2O6P2S. The zero-order valence-corrected chi connectivity index (χ0v) is 12.8. The second kappa shape index (κ2) is 5.20. The zero-order valence-electron chi connectivity index (χ0n) is 10.2. The number of hydrogen-bond acceptors (Lipinski definition) is 5. The first kappa shape index (κ1) is 15.6. The van der Waals surface area contributed by atoms with Crippen LogP contribution in [-0.2, 0) is 9.13 Å². The van der Waals surface area contributed by atoms with E-state index in [1.807, 2.05) is 19.1 Å². The van der Waals surface area contributed by atoms with E-state index in [2.05, 4.69) is 10.3 Å². The summed E-state index contributed by atoms with van der Waals surface area (Å²) in [6.45, 7) is 1.88. The van der Waals surface area contributed by atoms with Crippen molar-refractivity contribution in [3.05, 3.63) is 23.8 Å². The first-order chi connectivity index (χ1) is 9.07. The average Bonchev–Trinajstić information content (AvgIpc) is 2.64. The Balaban J connectivity index is 2.39. The minimum Gasteiger partial charge on any atom is -0.338 e. The molecule has 1 aromatic heterocycles. The van der Waals surface area contributed by atoms with Crippen LogP contribution in [0.25, 0.3) is 10.2 Å². The van der Waals surface area contributed by atoms with Gasteiger partial charge in [-0.15, -0.1) is 0 Å². The molecule has 0 saturated carbocycles. The Hall–Kier alpha value is -0.790. The molecule has 0 aliphatic carbocycles. The SMILES string of the molecule is Cc1ccc2nc(NC(P(=O)(O)O)P(=O)(O)O)sc2c1. The molecule has 110 valence electrons. The average molecular weight is 338 g/mol. The molecule has 0 atom stereocenters. The monoisotopic (exact) mass is 338 g/mol. The maximum absolute atomic E-state index is 11.2. The van der Waals surface area contributed by atoms with Crippen molar-refractivity contribution in [2.45, 2.75) is 12.4 Å². The molecule has 0 amide bonds. The summed E-state index contributed by atoms with van der Waals surface area (Å²) in [5.41, 5.74) is -0.732. The van der Waals surface area contributed by atoms with Gasteiger partial charge in [-0.3, -0.25) is 9.13 Å². The molecular weight excluding hydrogens is 326 g/mol. The summed E-state index contributed by atoms with van der Waals surface area (Å²) in [5.74, 6) is 0. The quantitative estimate of drug-likeness (QED) is 0.530. The van der Waals surface area contributed by atoms with Crippen molar-refractivity contribution in [1.82, 2.24) is 4.98 Å². The van der Waals surface area contributed by atoms with Gasteiger partial charge in [0.15, 0.2) is 5.13 Å². The van der Waals surface area contributed by atoms with E-state index in [0.717, 1.165) is 21.6 Å². The van der Waals surface area contributed by atoms with Gasteiger partial charge in [-0.25, -0.2) is 4.98 Å². The van der Waals surface area contributed by atoms with Gasteiger partial charge in [-0.2, -0.15) is 0 Å². The van der Waals surface area contributed by atoms with Gasteiger partial charge in [-0.05, 0) is 24.6 Å². The number of benzene rings is 1. The summed E-state index contributed by atoms with van der Waals surface area (Å²) < 4.78 is 23.1. The fourth-order valence-corrected chi connectivity index (χ4v) is 4.88. The molecule has 0 saturated heterocycles. The van der Waals surface area contributed by atoms with Crippen molar-refractivity contribution >= 4 is 41.9 Å². The van der Waals surface area contributed by atoms with Gasteiger partial charge in [0.25, 0.3) is 0 Å². The van der Waals surface area contributed by atoms with Gasteiger partial charge in [-0.1, -0.05) is 17.4 Å². The topological polar surface area (TPSA) is 140 Å². The number of nitrogens with zero attached hydrogens (tertiary/aromatic N) is 1. The second-order valence-electron chi connectivity index (χ2n) is 4.19. The van der Waals surface area contributed by atoms with Gasteiger partial charge in [0.1, 0.15) is 0 Å². The normalized spacial score (nSPS) is 13.1. The van der Waals surface area contributed by atoms with E-state index in [1.54, 1.807) is 6.07 Å². The number of nitrogens with one attached hydrogen (secondary N) is 1. The Morgan fingerprint density at radius 1 is 1.20 bits per heavy atom. The van der Waals surface area contributed by atoms with Crippen molar-refractivity contribution < 1.29 is 28.7 Å². The van der Waals surface area contributed by atoms with Crippen LogP contribution in [0.5, 0.6) is 0 Å². The lowest BCUT2D eigenvalue weighted by atomic mass is 10.2. The number of aromatic nitrogens is 1. The predicted molar refractivity (Wildman–Crippen MR) is 75.9 cm³/mol. The van der Waals surface area contributed by atoms with Crippen LogP contribution in [0.4, 0.5) is 5.13 Å². The van der Waals surface area contributed by atoms with Crippen LogP contribution >= 0.6 is 26.5 Å². The molecule has 20 heavy (non-hydrogen) atoms. The van der Waals surface area contributed by atoms with E-state index < -0.39 is 20.7 Å².